The lowest BCUT2D eigenvalue weighted by Crippen LogP contribution is -2.36. The molecular formula is C29H33NO5S. The van der Waals surface area contributed by atoms with E-state index in [2.05, 4.69) is 24.4 Å². The van der Waals surface area contributed by atoms with Crippen LogP contribution < -0.4 is 14.8 Å². The van der Waals surface area contributed by atoms with Gasteiger partial charge in [0, 0.05) is 35.1 Å². The summed E-state index contributed by atoms with van der Waals surface area (Å²) in [6.07, 6.45) is 1.09. The van der Waals surface area contributed by atoms with E-state index in [9.17, 15) is 9.59 Å². The number of nitrogens with one attached hydrogen (secondary N) is 1. The van der Waals surface area contributed by atoms with Crippen molar-refractivity contribution in [3.8, 4) is 11.5 Å². The summed E-state index contributed by atoms with van der Waals surface area (Å²) in [6, 6.07) is 15.7. The first-order chi connectivity index (χ1) is 17.5. The quantitative estimate of drug-likeness (QED) is 0.362. The normalized spacial score (nSPS) is 19.5. The van der Waals surface area contributed by atoms with Gasteiger partial charge in [0.05, 0.1) is 19.8 Å². The second-order valence-corrected chi connectivity index (χ2v) is 10.3. The average molecular weight is 508 g/mol. The Labute approximate surface area is 217 Å². The van der Waals surface area contributed by atoms with Crippen LogP contribution in [-0.4, -0.2) is 44.1 Å². The lowest BCUT2D eigenvalue weighted by molar-refractivity contribution is -0.138. The van der Waals surface area contributed by atoms with E-state index in [1.807, 2.05) is 43.3 Å². The molecular weight excluding hydrogens is 474 g/mol. The summed E-state index contributed by atoms with van der Waals surface area (Å²) >= 11 is 1.72. The SMILES string of the molecule is CCSCCOC(=O)C1=C(C)NC2=C(C(=O)C[C@H](c3ccccc3)C2)[C@@H]1c1ccc(OC)c(OC)c1. The number of methoxy groups -OCH3 is 2. The van der Waals surface area contributed by atoms with E-state index in [0.29, 0.717) is 47.8 Å². The fourth-order valence-corrected chi connectivity index (χ4v) is 5.54. The van der Waals surface area contributed by atoms with Crippen molar-refractivity contribution in [2.24, 2.45) is 0 Å². The number of hydrogen-bond donors (Lipinski definition) is 1. The van der Waals surface area contributed by atoms with Crippen molar-refractivity contribution in [2.75, 3.05) is 32.3 Å². The molecule has 1 heterocycles. The first kappa shape index (κ1) is 25.9. The molecule has 6 nitrogen and oxygen atoms in total. The molecule has 0 saturated carbocycles. The molecule has 36 heavy (non-hydrogen) atoms. The average Bonchev–Trinajstić information content (AvgIpc) is 2.90. The van der Waals surface area contributed by atoms with E-state index >= 15 is 0 Å². The molecule has 2 aromatic carbocycles. The molecule has 1 aliphatic carbocycles. The van der Waals surface area contributed by atoms with E-state index in [1.54, 1.807) is 26.0 Å². The molecule has 2 aromatic rings. The van der Waals surface area contributed by atoms with Gasteiger partial charge in [-0.2, -0.15) is 11.8 Å². The standard InChI is InChI=1S/C29H33NO5S/c1-5-36-14-13-35-29(32)26-18(2)30-22-15-21(19-9-7-6-8-10-19)16-23(31)28(22)27(26)20-11-12-24(33-3)25(17-20)34-4/h6-12,17,21,27,30H,5,13-16H2,1-4H3/t21-,27-/m1/s1. The van der Waals surface area contributed by atoms with Gasteiger partial charge in [0.1, 0.15) is 6.61 Å². The monoisotopic (exact) mass is 507 g/mol. The third kappa shape index (κ3) is 5.31. The number of dihydropyridines is 1. The Kier molecular flexibility index (Phi) is 8.41. The van der Waals surface area contributed by atoms with Gasteiger partial charge >= 0.3 is 5.97 Å². The third-order valence-corrected chi connectivity index (χ3v) is 7.59. The van der Waals surface area contributed by atoms with Crippen molar-refractivity contribution in [3.05, 3.63) is 82.2 Å². The predicted octanol–water partition coefficient (Wildman–Crippen LogP) is 5.36. The molecule has 0 saturated heterocycles. The highest BCUT2D eigenvalue weighted by molar-refractivity contribution is 7.99. The Bertz CT molecular complexity index is 1190. The van der Waals surface area contributed by atoms with Crippen molar-refractivity contribution in [2.45, 2.75) is 38.5 Å². The molecule has 0 aromatic heterocycles. The number of Topliss-reactive ketones (excluding diaryl/α,β-unsaturated/α-hetero) is 1. The summed E-state index contributed by atoms with van der Waals surface area (Å²) in [5, 5.41) is 3.41. The van der Waals surface area contributed by atoms with Gasteiger partial charge in [-0.3, -0.25) is 4.79 Å². The van der Waals surface area contributed by atoms with Crippen molar-refractivity contribution in [3.63, 3.8) is 0 Å². The van der Waals surface area contributed by atoms with E-state index < -0.39 is 11.9 Å². The highest BCUT2D eigenvalue weighted by atomic mass is 32.2. The highest BCUT2D eigenvalue weighted by Gasteiger charge is 2.41. The number of thioether (sulfide) groups is 1. The molecule has 1 aliphatic heterocycles. The first-order valence-electron chi connectivity index (χ1n) is 12.2. The molecule has 2 atom stereocenters. The summed E-state index contributed by atoms with van der Waals surface area (Å²) in [7, 11) is 3.16. The van der Waals surface area contributed by atoms with E-state index in [0.717, 1.165) is 28.3 Å². The topological polar surface area (TPSA) is 73.9 Å². The van der Waals surface area contributed by atoms with Crippen LogP contribution in [-0.2, 0) is 14.3 Å². The van der Waals surface area contributed by atoms with Crippen molar-refractivity contribution < 1.29 is 23.8 Å². The summed E-state index contributed by atoms with van der Waals surface area (Å²) in [5.74, 6) is 2.00. The zero-order valence-electron chi connectivity index (χ0n) is 21.3. The second-order valence-electron chi connectivity index (χ2n) is 8.88. The van der Waals surface area contributed by atoms with E-state index in [-0.39, 0.29) is 11.7 Å². The zero-order chi connectivity index (χ0) is 25.7. The number of allylic oxidation sites excluding steroid dienone is 3. The maximum absolute atomic E-state index is 13.7. The number of ether oxygens (including phenoxy) is 3. The van der Waals surface area contributed by atoms with Gasteiger partial charge in [-0.05, 0) is 48.3 Å². The van der Waals surface area contributed by atoms with Crippen LogP contribution in [0.15, 0.2) is 71.1 Å². The zero-order valence-corrected chi connectivity index (χ0v) is 22.1. The minimum absolute atomic E-state index is 0.0386. The summed E-state index contributed by atoms with van der Waals surface area (Å²) < 4.78 is 16.6. The van der Waals surface area contributed by atoms with Gasteiger partial charge < -0.3 is 19.5 Å². The predicted molar refractivity (Wildman–Crippen MR) is 143 cm³/mol. The lowest BCUT2D eigenvalue weighted by Gasteiger charge is -2.36. The number of rotatable bonds is 9. The number of hydrogen-bond acceptors (Lipinski definition) is 7. The molecule has 190 valence electrons. The molecule has 2 aliphatic rings. The smallest absolute Gasteiger partial charge is 0.336 e. The van der Waals surface area contributed by atoms with Crippen molar-refractivity contribution in [1.82, 2.24) is 5.32 Å². The molecule has 1 N–H and O–H groups in total. The van der Waals surface area contributed by atoms with Crippen LogP contribution in [0.4, 0.5) is 0 Å². The Hall–Kier alpha value is -3.19. The van der Waals surface area contributed by atoms with Crippen LogP contribution in [0.5, 0.6) is 11.5 Å². The Morgan fingerprint density at radius 1 is 1.03 bits per heavy atom. The number of ketones is 1. The maximum Gasteiger partial charge on any atom is 0.336 e. The van der Waals surface area contributed by atoms with Crippen molar-refractivity contribution in [1.29, 1.82) is 0 Å². The number of benzene rings is 2. The molecule has 0 radical (unpaired) electrons. The Morgan fingerprint density at radius 2 is 1.78 bits per heavy atom. The first-order valence-corrected chi connectivity index (χ1v) is 13.4. The number of carbonyl (C=O) groups excluding carboxylic acids is 2. The molecule has 4 rings (SSSR count). The van der Waals surface area contributed by atoms with Crippen LogP contribution >= 0.6 is 11.8 Å². The molecule has 0 unspecified atom stereocenters. The van der Waals surface area contributed by atoms with Crippen LogP contribution in [0.3, 0.4) is 0 Å². The largest absolute Gasteiger partial charge is 0.493 e. The van der Waals surface area contributed by atoms with E-state index in [4.69, 9.17) is 14.2 Å². The van der Waals surface area contributed by atoms with Crippen molar-refractivity contribution >= 4 is 23.5 Å². The maximum atomic E-state index is 13.7. The third-order valence-electron chi connectivity index (χ3n) is 6.72. The minimum atomic E-state index is -0.545. The van der Waals surface area contributed by atoms with Gasteiger partial charge in [-0.1, -0.05) is 43.3 Å². The van der Waals surface area contributed by atoms with Gasteiger partial charge in [0.15, 0.2) is 17.3 Å². The number of carbonyl (C=O) groups is 2. The molecule has 0 amide bonds. The van der Waals surface area contributed by atoms with Crippen LogP contribution in [0, 0.1) is 0 Å². The second kappa shape index (κ2) is 11.7. The summed E-state index contributed by atoms with van der Waals surface area (Å²) in [5.41, 5.74) is 4.62. The number of esters is 1. The summed E-state index contributed by atoms with van der Waals surface area (Å²) in [4.78, 5) is 27.1. The molecule has 0 spiro atoms. The minimum Gasteiger partial charge on any atom is -0.493 e. The Balaban J connectivity index is 1.76. The van der Waals surface area contributed by atoms with Gasteiger partial charge in [0.25, 0.3) is 0 Å². The Morgan fingerprint density at radius 3 is 2.47 bits per heavy atom. The van der Waals surface area contributed by atoms with Gasteiger partial charge in [0.2, 0.25) is 0 Å². The van der Waals surface area contributed by atoms with Crippen LogP contribution in [0.1, 0.15) is 49.7 Å². The van der Waals surface area contributed by atoms with Crippen LogP contribution in [0.25, 0.3) is 0 Å². The molecule has 7 heteroatoms. The van der Waals surface area contributed by atoms with Gasteiger partial charge in [-0.15, -0.1) is 0 Å². The fraction of sp³-hybridized carbons (Fsp3) is 0.379. The van der Waals surface area contributed by atoms with E-state index in [1.165, 1.54) is 0 Å². The molecule has 0 bridgehead atoms. The van der Waals surface area contributed by atoms with Gasteiger partial charge in [-0.25, -0.2) is 4.79 Å². The lowest BCUT2D eigenvalue weighted by atomic mass is 9.71. The highest BCUT2D eigenvalue weighted by Crippen LogP contribution is 2.47. The summed E-state index contributed by atoms with van der Waals surface area (Å²) in [6.45, 7) is 4.27. The fourth-order valence-electron chi connectivity index (χ4n) is 5.05. The van der Waals surface area contributed by atoms with Crippen LogP contribution in [0.2, 0.25) is 0 Å². The molecule has 0 fully saturated rings.